The van der Waals surface area contributed by atoms with Gasteiger partial charge in [0.15, 0.2) is 5.82 Å². The maximum atomic E-state index is 12.7. The summed E-state index contributed by atoms with van der Waals surface area (Å²) < 4.78 is 9.72. The number of nitrogens with zero attached hydrogens (tertiary/aromatic N) is 2. The molecule has 23 heavy (non-hydrogen) atoms. The summed E-state index contributed by atoms with van der Waals surface area (Å²) in [6, 6.07) is 1.55. The number of unbranched alkanes of at least 4 members (excludes halogenated alkanes) is 1. The van der Waals surface area contributed by atoms with Crippen molar-refractivity contribution in [1.29, 1.82) is 0 Å². The zero-order valence-corrected chi connectivity index (χ0v) is 14.2. The summed E-state index contributed by atoms with van der Waals surface area (Å²) in [4.78, 5) is 26.3. The topological polar surface area (TPSA) is 84.7 Å². The third kappa shape index (κ3) is 6.81. The van der Waals surface area contributed by atoms with E-state index < -0.39 is 0 Å². The molecule has 2 amide bonds. The number of nitrogens with one attached hydrogen (secondary N) is 1. The average Bonchev–Trinajstić information content (AvgIpc) is 3.04. The molecule has 7 nitrogen and oxygen atoms in total. The summed E-state index contributed by atoms with van der Waals surface area (Å²) in [5.74, 6) is 0.000761. The zero-order chi connectivity index (χ0) is 17.1. The van der Waals surface area contributed by atoms with E-state index in [4.69, 9.17) is 4.74 Å². The molecule has 0 aliphatic rings. The van der Waals surface area contributed by atoms with Crippen LogP contribution in [0, 0.1) is 5.92 Å². The molecule has 0 bridgehead atoms. The van der Waals surface area contributed by atoms with Crippen molar-refractivity contribution in [1.82, 2.24) is 10.1 Å². The van der Waals surface area contributed by atoms with E-state index in [0.717, 1.165) is 25.7 Å². The van der Waals surface area contributed by atoms with Crippen molar-refractivity contribution < 1.29 is 18.8 Å². The van der Waals surface area contributed by atoms with Crippen molar-refractivity contribution in [2.45, 2.75) is 39.5 Å². The fourth-order valence-corrected chi connectivity index (χ4v) is 2.31. The maximum absolute atomic E-state index is 12.7. The van der Waals surface area contributed by atoms with Gasteiger partial charge in [0.05, 0.1) is 13.2 Å². The van der Waals surface area contributed by atoms with E-state index in [1.54, 1.807) is 18.1 Å². The Bertz CT molecular complexity index is 462. The van der Waals surface area contributed by atoms with Gasteiger partial charge in [-0.25, -0.2) is 0 Å². The Labute approximate surface area is 137 Å². The van der Waals surface area contributed by atoms with Crippen LogP contribution in [0.25, 0.3) is 0 Å². The number of carbonyl (C=O) groups excluding carboxylic acids is 2. The van der Waals surface area contributed by atoms with Crippen LogP contribution in [-0.2, 0) is 14.3 Å². The van der Waals surface area contributed by atoms with Gasteiger partial charge in [-0.1, -0.05) is 31.8 Å². The third-order valence-corrected chi connectivity index (χ3v) is 3.66. The minimum atomic E-state index is -0.298. The molecule has 1 aromatic heterocycles. The molecule has 1 unspecified atom stereocenters. The Morgan fingerprint density at radius 3 is 2.78 bits per heavy atom. The summed E-state index contributed by atoms with van der Waals surface area (Å²) >= 11 is 0. The van der Waals surface area contributed by atoms with Crippen LogP contribution in [0.15, 0.2) is 16.9 Å². The number of rotatable bonds is 11. The molecule has 1 rings (SSSR count). The molecule has 1 N–H and O–H groups in total. The highest BCUT2D eigenvalue weighted by molar-refractivity contribution is 5.94. The van der Waals surface area contributed by atoms with Crippen molar-refractivity contribution in [3.8, 4) is 0 Å². The number of amides is 2. The second-order valence-corrected chi connectivity index (χ2v) is 5.43. The van der Waals surface area contributed by atoms with Crippen LogP contribution in [0.1, 0.15) is 39.5 Å². The summed E-state index contributed by atoms with van der Waals surface area (Å²) in [6.45, 7) is 4.88. The van der Waals surface area contributed by atoms with Crippen molar-refractivity contribution >= 4 is 17.6 Å². The van der Waals surface area contributed by atoms with Gasteiger partial charge in [-0.3, -0.25) is 9.59 Å². The van der Waals surface area contributed by atoms with E-state index in [1.165, 1.54) is 6.26 Å². The van der Waals surface area contributed by atoms with Gasteiger partial charge in [-0.2, -0.15) is 0 Å². The average molecular weight is 325 g/mol. The van der Waals surface area contributed by atoms with E-state index in [2.05, 4.69) is 21.9 Å². The lowest BCUT2D eigenvalue weighted by Gasteiger charge is -2.26. The molecule has 0 spiro atoms. The van der Waals surface area contributed by atoms with Crippen LogP contribution >= 0.6 is 0 Å². The smallest absolute Gasteiger partial charge is 0.245 e. The Kier molecular flexibility index (Phi) is 8.97. The Morgan fingerprint density at radius 1 is 1.43 bits per heavy atom. The summed E-state index contributed by atoms with van der Waals surface area (Å²) in [6.07, 6.45) is 5.05. The van der Waals surface area contributed by atoms with Crippen molar-refractivity contribution in [3.05, 3.63) is 12.3 Å². The Hall–Kier alpha value is -1.89. The van der Waals surface area contributed by atoms with Gasteiger partial charge in [0.1, 0.15) is 6.26 Å². The number of ether oxygens (including phenoxy) is 1. The van der Waals surface area contributed by atoms with Crippen LogP contribution in [0.2, 0.25) is 0 Å². The minimum Gasteiger partial charge on any atom is -0.383 e. The highest BCUT2D eigenvalue weighted by Gasteiger charge is 2.24. The second-order valence-electron chi connectivity index (χ2n) is 5.43. The fourth-order valence-electron chi connectivity index (χ4n) is 2.31. The summed E-state index contributed by atoms with van der Waals surface area (Å²) in [5.41, 5.74) is 0. The lowest BCUT2D eigenvalue weighted by molar-refractivity contribution is -0.139. The first-order valence-electron chi connectivity index (χ1n) is 8.10. The molecule has 130 valence electrons. The third-order valence-electron chi connectivity index (χ3n) is 3.66. The van der Waals surface area contributed by atoms with E-state index in [1.807, 2.05) is 6.92 Å². The van der Waals surface area contributed by atoms with E-state index >= 15 is 0 Å². The largest absolute Gasteiger partial charge is 0.383 e. The van der Waals surface area contributed by atoms with Gasteiger partial charge in [-0.05, 0) is 12.8 Å². The molecule has 0 aliphatic carbocycles. The molecule has 0 aliphatic heterocycles. The highest BCUT2D eigenvalue weighted by atomic mass is 16.5. The van der Waals surface area contributed by atoms with Crippen LogP contribution in [-0.4, -0.2) is 48.7 Å². The van der Waals surface area contributed by atoms with Gasteiger partial charge < -0.3 is 19.5 Å². The molecule has 7 heteroatoms. The maximum Gasteiger partial charge on any atom is 0.245 e. The summed E-state index contributed by atoms with van der Waals surface area (Å²) in [7, 11) is 1.58. The predicted molar refractivity (Wildman–Crippen MR) is 86.9 cm³/mol. The molecular formula is C16H27N3O4. The minimum absolute atomic E-state index is 0.00769. The number of hydrogen-bond acceptors (Lipinski definition) is 5. The standard InChI is InChI=1S/C16H27N3O4/c1-4-6-7-13(5-2)16(21)19(9-11-22-3)12-15(20)17-14-8-10-23-18-14/h8,10,13H,4-7,9,11-12H2,1-3H3,(H,17,18,20). The number of anilines is 1. The zero-order valence-electron chi connectivity index (χ0n) is 14.2. The number of aromatic nitrogens is 1. The van der Waals surface area contributed by atoms with Gasteiger partial charge >= 0.3 is 0 Å². The Balaban J connectivity index is 2.65. The van der Waals surface area contributed by atoms with E-state index in [9.17, 15) is 9.59 Å². The molecular weight excluding hydrogens is 298 g/mol. The molecule has 1 heterocycles. The lowest BCUT2D eigenvalue weighted by atomic mass is 9.97. The van der Waals surface area contributed by atoms with E-state index in [0.29, 0.717) is 19.0 Å². The molecule has 0 radical (unpaired) electrons. The highest BCUT2D eigenvalue weighted by Crippen LogP contribution is 2.16. The van der Waals surface area contributed by atoms with Gasteiger partial charge in [0, 0.05) is 25.6 Å². The molecule has 0 saturated heterocycles. The number of hydrogen-bond donors (Lipinski definition) is 1. The quantitative estimate of drug-likeness (QED) is 0.675. The van der Waals surface area contributed by atoms with Crippen molar-refractivity contribution in [2.75, 3.05) is 32.1 Å². The normalized spacial score (nSPS) is 12.0. The number of carbonyl (C=O) groups is 2. The molecule has 0 fully saturated rings. The van der Waals surface area contributed by atoms with Gasteiger partial charge in [0.25, 0.3) is 0 Å². The number of methoxy groups -OCH3 is 1. The molecule has 1 atom stereocenters. The first-order valence-corrected chi connectivity index (χ1v) is 8.10. The predicted octanol–water partition coefficient (Wildman–Crippen LogP) is 2.30. The van der Waals surface area contributed by atoms with Crippen LogP contribution in [0.5, 0.6) is 0 Å². The summed E-state index contributed by atoms with van der Waals surface area (Å²) in [5, 5.41) is 6.23. The van der Waals surface area contributed by atoms with Crippen LogP contribution in [0.3, 0.4) is 0 Å². The first kappa shape index (κ1) is 19.2. The van der Waals surface area contributed by atoms with E-state index in [-0.39, 0.29) is 24.3 Å². The lowest BCUT2D eigenvalue weighted by Crippen LogP contribution is -2.43. The monoisotopic (exact) mass is 325 g/mol. The Morgan fingerprint density at radius 2 is 2.22 bits per heavy atom. The molecule has 0 saturated carbocycles. The molecule has 0 aromatic carbocycles. The van der Waals surface area contributed by atoms with Gasteiger partial charge in [-0.15, -0.1) is 0 Å². The molecule has 1 aromatic rings. The van der Waals surface area contributed by atoms with Crippen LogP contribution in [0.4, 0.5) is 5.82 Å². The van der Waals surface area contributed by atoms with Crippen molar-refractivity contribution in [3.63, 3.8) is 0 Å². The second kappa shape index (κ2) is 10.8. The fraction of sp³-hybridized carbons (Fsp3) is 0.688. The van der Waals surface area contributed by atoms with Crippen molar-refractivity contribution in [2.24, 2.45) is 5.92 Å². The van der Waals surface area contributed by atoms with Gasteiger partial charge in [0.2, 0.25) is 11.8 Å². The SMILES string of the molecule is CCCCC(CC)C(=O)N(CCOC)CC(=O)Nc1ccon1. The first-order chi connectivity index (χ1) is 11.1. The van der Waals surface area contributed by atoms with Crippen LogP contribution < -0.4 is 5.32 Å².